The second-order valence-corrected chi connectivity index (χ2v) is 8.98. The smallest absolute Gasteiger partial charge is 0.214 e. The van der Waals surface area contributed by atoms with Crippen molar-refractivity contribution in [2.75, 3.05) is 63.5 Å². The van der Waals surface area contributed by atoms with Gasteiger partial charge in [-0.25, -0.2) is 12.7 Å². The molecule has 0 amide bonds. The molecule has 2 saturated heterocycles. The van der Waals surface area contributed by atoms with Gasteiger partial charge in [0.2, 0.25) is 10.0 Å². The van der Waals surface area contributed by atoms with Gasteiger partial charge in [0.1, 0.15) is 0 Å². The summed E-state index contributed by atoms with van der Waals surface area (Å²) in [6, 6.07) is 4.24. The average Bonchev–Trinajstić information content (AvgIpc) is 3.22. The summed E-state index contributed by atoms with van der Waals surface area (Å²) in [7, 11) is -1.24. The van der Waals surface area contributed by atoms with Gasteiger partial charge in [-0.05, 0) is 23.9 Å². The highest BCUT2D eigenvalue weighted by Crippen LogP contribution is 2.22. The fraction of sp³-hybridized carbons (Fsp3) is 0.667. The molecule has 1 N–H and O–H groups in total. The topological polar surface area (TPSA) is 68.2 Å². The number of rotatable bonds is 4. The number of guanidine groups is 1. The van der Waals surface area contributed by atoms with E-state index >= 15 is 0 Å². The highest BCUT2D eigenvalue weighted by molar-refractivity contribution is 14.0. The summed E-state index contributed by atoms with van der Waals surface area (Å²) >= 11 is 1.77. The van der Waals surface area contributed by atoms with Crippen LogP contribution >= 0.6 is 35.3 Å². The number of hydrogen-bond acceptors (Lipinski definition) is 5. The van der Waals surface area contributed by atoms with E-state index in [2.05, 4.69) is 37.6 Å². The molecule has 3 heterocycles. The number of anilines is 1. The standard InChI is InChI=1S/C15H25N5O2S2.HI/c1-16-15(17-5-7-20-6-3-13-24(20,21)22)19-10-8-18(9-11-19)14-4-2-12-23-14;/h2,4,12H,3,5-11,13H2,1H3,(H,16,17);1H. The first-order valence-electron chi connectivity index (χ1n) is 8.32. The molecule has 0 saturated carbocycles. The van der Waals surface area contributed by atoms with Gasteiger partial charge < -0.3 is 15.1 Å². The average molecular weight is 499 g/mol. The van der Waals surface area contributed by atoms with Gasteiger partial charge in [-0.15, -0.1) is 35.3 Å². The van der Waals surface area contributed by atoms with Crippen molar-refractivity contribution < 1.29 is 8.42 Å². The summed E-state index contributed by atoms with van der Waals surface area (Å²) in [6.07, 6.45) is 0.738. The van der Waals surface area contributed by atoms with Crippen molar-refractivity contribution in [3.8, 4) is 0 Å². The first-order valence-corrected chi connectivity index (χ1v) is 10.8. The van der Waals surface area contributed by atoms with Gasteiger partial charge in [0.25, 0.3) is 0 Å². The van der Waals surface area contributed by atoms with Crippen LogP contribution in [0.2, 0.25) is 0 Å². The van der Waals surface area contributed by atoms with Gasteiger partial charge in [0.05, 0.1) is 10.8 Å². The summed E-state index contributed by atoms with van der Waals surface area (Å²) in [5.41, 5.74) is 0. The molecule has 10 heteroatoms. The lowest BCUT2D eigenvalue weighted by Crippen LogP contribution is -2.53. The number of aliphatic imine (C=N–C) groups is 1. The van der Waals surface area contributed by atoms with E-state index in [1.807, 2.05) is 0 Å². The van der Waals surface area contributed by atoms with Gasteiger partial charge in [-0.3, -0.25) is 4.99 Å². The zero-order chi connectivity index (χ0) is 17.0. The molecule has 2 fully saturated rings. The maximum Gasteiger partial charge on any atom is 0.214 e. The number of piperazine rings is 1. The van der Waals surface area contributed by atoms with Gasteiger partial charge in [-0.1, -0.05) is 0 Å². The summed E-state index contributed by atoms with van der Waals surface area (Å²) in [4.78, 5) is 8.98. The van der Waals surface area contributed by atoms with Crippen molar-refractivity contribution in [3.05, 3.63) is 17.5 Å². The Labute approximate surface area is 171 Å². The molecule has 0 aliphatic carbocycles. The van der Waals surface area contributed by atoms with Gasteiger partial charge >= 0.3 is 0 Å². The minimum Gasteiger partial charge on any atom is -0.360 e. The lowest BCUT2D eigenvalue weighted by molar-refractivity contribution is 0.369. The van der Waals surface area contributed by atoms with Crippen molar-refractivity contribution in [1.82, 2.24) is 14.5 Å². The van der Waals surface area contributed by atoms with Crippen LogP contribution in [0.3, 0.4) is 0 Å². The Hall–Kier alpha value is -0.590. The third-order valence-corrected chi connectivity index (χ3v) is 7.34. The molecule has 2 aliphatic rings. The Morgan fingerprint density at radius 3 is 2.60 bits per heavy atom. The number of thiophene rings is 1. The van der Waals surface area contributed by atoms with Gasteiger partial charge in [0.15, 0.2) is 5.96 Å². The van der Waals surface area contributed by atoms with Crippen LogP contribution in [0.25, 0.3) is 0 Å². The molecular formula is C15H26IN5O2S2. The van der Waals surface area contributed by atoms with E-state index in [9.17, 15) is 8.42 Å². The van der Waals surface area contributed by atoms with Crippen molar-refractivity contribution in [2.24, 2.45) is 4.99 Å². The second kappa shape index (κ2) is 9.38. The summed E-state index contributed by atoms with van der Waals surface area (Å²) in [5.74, 6) is 1.14. The molecule has 3 rings (SSSR count). The molecular weight excluding hydrogens is 473 g/mol. The van der Waals surface area contributed by atoms with E-state index in [4.69, 9.17) is 0 Å². The normalized spacial score (nSPS) is 21.2. The molecule has 0 spiro atoms. The number of halogens is 1. The lowest BCUT2D eigenvalue weighted by atomic mass is 10.3. The number of nitrogens with one attached hydrogen (secondary N) is 1. The first kappa shape index (κ1) is 20.7. The van der Waals surface area contributed by atoms with E-state index in [1.54, 1.807) is 22.7 Å². The zero-order valence-corrected chi connectivity index (χ0v) is 18.4. The number of sulfonamides is 1. The molecule has 7 nitrogen and oxygen atoms in total. The van der Waals surface area contributed by atoms with Crippen LogP contribution in [0.15, 0.2) is 22.5 Å². The Kier molecular flexibility index (Phi) is 7.77. The minimum atomic E-state index is -3.01. The molecule has 2 aliphatic heterocycles. The SMILES string of the molecule is CN=C(NCCN1CCCS1(=O)=O)N1CCN(c2cccs2)CC1.I. The van der Waals surface area contributed by atoms with Gasteiger partial charge in [0, 0.05) is 52.9 Å². The minimum absolute atomic E-state index is 0. The summed E-state index contributed by atoms with van der Waals surface area (Å²) in [5, 5.41) is 6.73. The molecule has 142 valence electrons. The quantitative estimate of drug-likeness (QED) is 0.382. The summed E-state index contributed by atoms with van der Waals surface area (Å²) < 4.78 is 25.2. The Morgan fingerprint density at radius 2 is 2.04 bits per heavy atom. The largest absolute Gasteiger partial charge is 0.360 e. The fourth-order valence-corrected chi connectivity index (χ4v) is 5.47. The molecule has 0 aromatic carbocycles. The predicted octanol–water partition coefficient (Wildman–Crippen LogP) is 1.10. The molecule has 0 unspecified atom stereocenters. The maximum absolute atomic E-state index is 11.8. The monoisotopic (exact) mass is 499 g/mol. The van der Waals surface area contributed by atoms with Crippen LogP contribution in [0.4, 0.5) is 5.00 Å². The first-order chi connectivity index (χ1) is 11.6. The Bertz CT molecular complexity index is 657. The highest BCUT2D eigenvalue weighted by atomic mass is 127. The third kappa shape index (κ3) is 5.20. The lowest BCUT2D eigenvalue weighted by Gasteiger charge is -2.37. The number of nitrogens with zero attached hydrogens (tertiary/aromatic N) is 4. The van der Waals surface area contributed by atoms with Crippen LogP contribution in [0.5, 0.6) is 0 Å². The van der Waals surface area contributed by atoms with E-state index in [0.717, 1.165) is 38.6 Å². The second-order valence-electron chi connectivity index (χ2n) is 5.97. The molecule has 1 aromatic rings. The predicted molar refractivity (Wildman–Crippen MR) is 115 cm³/mol. The van der Waals surface area contributed by atoms with Crippen molar-refractivity contribution in [2.45, 2.75) is 6.42 Å². The molecule has 0 bridgehead atoms. The third-order valence-electron chi connectivity index (χ3n) is 4.46. The van der Waals surface area contributed by atoms with Crippen molar-refractivity contribution in [3.63, 3.8) is 0 Å². The molecule has 25 heavy (non-hydrogen) atoms. The van der Waals surface area contributed by atoms with Crippen LogP contribution in [0.1, 0.15) is 6.42 Å². The fourth-order valence-electron chi connectivity index (χ4n) is 3.16. The highest BCUT2D eigenvalue weighted by Gasteiger charge is 2.27. The molecule has 0 atom stereocenters. The zero-order valence-electron chi connectivity index (χ0n) is 14.4. The molecule has 1 aromatic heterocycles. The maximum atomic E-state index is 11.8. The van der Waals surface area contributed by atoms with Crippen LogP contribution in [-0.4, -0.2) is 82.2 Å². The van der Waals surface area contributed by atoms with E-state index < -0.39 is 10.0 Å². The van der Waals surface area contributed by atoms with Crippen molar-refractivity contribution >= 4 is 56.3 Å². The van der Waals surface area contributed by atoms with Crippen LogP contribution in [-0.2, 0) is 10.0 Å². The number of hydrogen-bond donors (Lipinski definition) is 1. The Balaban J connectivity index is 0.00000225. The Morgan fingerprint density at radius 1 is 1.28 bits per heavy atom. The van der Waals surface area contributed by atoms with Crippen LogP contribution in [0, 0.1) is 0 Å². The van der Waals surface area contributed by atoms with Crippen LogP contribution < -0.4 is 10.2 Å². The van der Waals surface area contributed by atoms with Gasteiger partial charge in [-0.2, -0.15) is 0 Å². The van der Waals surface area contributed by atoms with E-state index in [1.165, 1.54) is 5.00 Å². The van der Waals surface area contributed by atoms with Crippen molar-refractivity contribution in [1.29, 1.82) is 0 Å². The molecule has 0 radical (unpaired) electrons. The van der Waals surface area contributed by atoms with E-state index in [0.29, 0.717) is 19.6 Å². The summed E-state index contributed by atoms with van der Waals surface area (Å²) in [6.45, 7) is 5.53. The van der Waals surface area contributed by atoms with E-state index in [-0.39, 0.29) is 29.7 Å².